The molecule has 1 aliphatic rings. The van der Waals surface area contributed by atoms with Crippen LogP contribution in [-0.2, 0) is 6.54 Å². The Labute approximate surface area is 171 Å². The first-order chi connectivity index (χ1) is 14.2. The highest BCUT2D eigenvalue weighted by atomic mass is 32.2. The second-order valence-corrected chi connectivity index (χ2v) is 7.62. The van der Waals surface area contributed by atoms with E-state index in [1.165, 1.54) is 10.7 Å². The Kier molecular flexibility index (Phi) is 5.95. The lowest BCUT2D eigenvalue weighted by Crippen LogP contribution is -2.32. The van der Waals surface area contributed by atoms with Gasteiger partial charge in [0.2, 0.25) is 5.88 Å². The molecule has 150 valence electrons. The van der Waals surface area contributed by atoms with E-state index >= 15 is 0 Å². The van der Waals surface area contributed by atoms with E-state index < -0.39 is 0 Å². The lowest BCUT2D eigenvalue weighted by molar-refractivity contribution is 0.0944. The molecule has 1 atom stereocenters. The summed E-state index contributed by atoms with van der Waals surface area (Å²) >= 11 is 1.83. The molecule has 1 N–H and O–H groups in total. The van der Waals surface area contributed by atoms with Crippen molar-refractivity contribution in [2.24, 2.45) is 0 Å². The average Bonchev–Trinajstić information content (AvgIpc) is 3.44. The zero-order valence-electron chi connectivity index (χ0n) is 15.6. The van der Waals surface area contributed by atoms with E-state index in [-0.39, 0.29) is 30.7 Å². The van der Waals surface area contributed by atoms with Crippen molar-refractivity contribution in [2.45, 2.75) is 19.1 Å². The van der Waals surface area contributed by atoms with Gasteiger partial charge in [0.25, 0.3) is 11.5 Å². The molecule has 1 amide bonds. The van der Waals surface area contributed by atoms with Crippen LogP contribution in [0.1, 0.15) is 16.8 Å². The van der Waals surface area contributed by atoms with Gasteiger partial charge in [0.1, 0.15) is 17.4 Å². The minimum atomic E-state index is -0.297. The predicted octanol–water partition coefficient (Wildman–Crippen LogP) is 2.21. The zero-order chi connectivity index (χ0) is 20.1. The molecule has 3 aromatic rings. The summed E-state index contributed by atoms with van der Waals surface area (Å²) < 4.78 is 12.5. The Hall–Kier alpha value is -3.07. The maximum absolute atomic E-state index is 12.6. The normalized spacial score (nSPS) is 15.9. The van der Waals surface area contributed by atoms with Crippen LogP contribution in [-0.4, -0.2) is 44.8 Å². The van der Waals surface area contributed by atoms with E-state index in [1.54, 1.807) is 42.8 Å². The summed E-state index contributed by atoms with van der Waals surface area (Å²) in [5, 5.41) is 7.10. The highest BCUT2D eigenvalue weighted by Crippen LogP contribution is 2.24. The lowest BCUT2D eigenvalue weighted by atomic mass is 10.2. The molecule has 4 rings (SSSR count). The molecular weight excluding hydrogens is 392 g/mol. The van der Waals surface area contributed by atoms with Gasteiger partial charge in [-0.15, -0.1) is 0 Å². The number of rotatable bonds is 7. The van der Waals surface area contributed by atoms with Crippen LogP contribution in [0.4, 0.5) is 0 Å². The Morgan fingerprint density at radius 1 is 1.31 bits per heavy atom. The first-order valence-corrected chi connectivity index (χ1v) is 10.5. The van der Waals surface area contributed by atoms with Crippen LogP contribution in [0.15, 0.2) is 58.1 Å². The number of aromatic nitrogens is 3. The minimum Gasteiger partial charge on any atom is -0.473 e. The molecule has 0 saturated carbocycles. The molecule has 0 aliphatic carbocycles. The molecule has 0 radical (unpaired) electrons. The van der Waals surface area contributed by atoms with Gasteiger partial charge in [-0.1, -0.05) is 0 Å². The summed E-state index contributed by atoms with van der Waals surface area (Å²) in [4.78, 5) is 28.9. The van der Waals surface area contributed by atoms with Gasteiger partial charge in [-0.05, 0) is 42.5 Å². The summed E-state index contributed by atoms with van der Waals surface area (Å²) in [5.41, 5.74) is 0.686. The van der Waals surface area contributed by atoms with Crippen molar-refractivity contribution in [1.82, 2.24) is 20.1 Å². The summed E-state index contributed by atoms with van der Waals surface area (Å²) in [5.74, 6) is 2.57. The van der Waals surface area contributed by atoms with Crippen LogP contribution in [0.3, 0.4) is 0 Å². The SMILES string of the molecule is O=C(NCCn1nc(-c2ccco2)ccc1=O)c1cccnc1OC1CCSC1. The molecule has 1 fully saturated rings. The van der Waals surface area contributed by atoms with Gasteiger partial charge in [-0.3, -0.25) is 9.59 Å². The fraction of sp³-hybridized carbons (Fsp3) is 0.300. The van der Waals surface area contributed by atoms with Gasteiger partial charge in [-0.25, -0.2) is 9.67 Å². The molecule has 1 aliphatic heterocycles. The van der Waals surface area contributed by atoms with Gasteiger partial charge in [0, 0.05) is 24.6 Å². The molecule has 0 bridgehead atoms. The Balaban J connectivity index is 1.39. The fourth-order valence-electron chi connectivity index (χ4n) is 2.96. The number of carbonyl (C=O) groups is 1. The first kappa shape index (κ1) is 19.3. The molecule has 0 spiro atoms. The molecule has 8 nitrogen and oxygen atoms in total. The standard InChI is InChI=1S/C20H20N4O4S/c25-18-6-5-16(17-4-2-11-27-17)23-24(18)10-9-21-19(26)15-3-1-8-22-20(15)28-14-7-12-29-13-14/h1-6,8,11,14H,7,9-10,12-13H2,(H,21,26). The van der Waals surface area contributed by atoms with Crippen molar-refractivity contribution in [2.75, 3.05) is 18.1 Å². The van der Waals surface area contributed by atoms with Crippen LogP contribution >= 0.6 is 11.8 Å². The highest BCUT2D eigenvalue weighted by molar-refractivity contribution is 7.99. The van der Waals surface area contributed by atoms with E-state index in [2.05, 4.69) is 15.4 Å². The first-order valence-electron chi connectivity index (χ1n) is 9.30. The van der Waals surface area contributed by atoms with Crippen molar-refractivity contribution in [3.63, 3.8) is 0 Å². The molecule has 29 heavy (non-hydrogen) atoms. The summed E-state index contributed by atoms with van der Waals surface area (Å²) in [7, 11) is 0. The van der Waals surface area contributed by atoms with Gasteiger partial charge in [0.05, 0.1) is 12.8 Å². The van der Waals surface area contributed by atoms with Gasteiger partial charge >= 0.3 is 0 Å². The van der Waals surface area contributed by atoms with Crippen molar-refractivity contribution < 1.29 is 13.9 Å². The molecule has 0 aromatic carbocycles. The summed E-state index contributed by atoms with van der Waals surface area (Å²) in [6, 6.07) is 9.94. The van der Waals surface area contributed by atoms with Crippen molar-refractivity contribution in [3.8, 4) is 17.3 Å². The average molecular weight is 412 g/mol. The van der Waals surface area contributed by atoms with Gasteiger partial charge < -0.3 is 14.5 Å². The van der Waals surface area contributed by atoms with E-state index in [4.69, 9.17) is 9.15 Å². The third-order valence-electron chi connectivity index (χ3n) is 4.43. The lowest BCUT2D eigenvalue weighted by Gasteiger charge is -2.14. The fourth-order valence-corrected chi connectivity index (χ4v) is 4.05. The third-order valence-corrected chi connectivity index (χ3v) is 5.56. The number of furan rings is 1. The second kappa shape index (κ2) is 8.95. The van der Waals surface area contributed by atoms with Gasteiger partial charge in [-0.2, -0.15) is 16.9 Å². The number of nitrogens with zero attached hydrogens (tertiary/aromatic N) is 3. The molecule has 4 heterocycles. The minimum absolute atomic E-state index is 0.0774. The maximum Gasteiger partial charge on any atom is 0.266 e. The second-order valence-electron chi connectivity index (χ2n) is 6.47. The number of nitrogens with one attached hydrogen (secondary N) is 1. The third kappa shape index (κ3) is 4.68. The highest BCUT2D eigenvalue weighted by Gasteiger charge is 2.21. The number of hydrogen-bond acceptors (Lipinski definition) is 7. The Morgan fingerprint density at radius 2 is 2.24 bits per heavy atom. The Morgan fingerprint density at radius 3 is 3.03 bits per heavy atom. The predicted molar refractivity (Wildman–Crippen MR) is 109 cm³/mol. The van der Waals surface area contributed by atoms with Crippen LogP contribution < -0.4 is 15.6 Å². The number of pyridine rings is 1. The Bertz CT molecular complexity index is 1030. The van der Waals surface area contributed by atoms with Crippen LogP contribution in [0.5, 0.6) is 5.88 Å². The van der Waals surface area contributed by atoms with Crippen molar-refractivity contribution in [3.05, 3.63) is 64.8 Å². The molecule has 3 aromatic heterocycles. The number of thioether (sulfide) groups is 1. The topological polar surface area (TPSA) is 99.2 Å². The van der Waals surface area contributed by atoms with Gasteiger partial charge in [0.15, 0.2) is 5.76 Å². The van der Waals surface area contributed by atoms with E-state index in [0.717, 1.165) is 17.9 Å². The largest absolute Gasteiger partial charge is 0.473 e. The van der Waals surface area contributed by atoms with E-state index in [1.807, 2.05) is 11.8 Å². The summed E-state index contributed by atoms with van der Waals surface area (Å²) in [6.07, 6.45) is 4.18. The van der Waals surface area contributed by atoms with Crippen LogP contribution in [0.2, 0.25) is 0 Å². The van der Waals surface area contributed by atoms with Crippen molar-refractivity contribution >= 4 is 17.7 Å². The van der Waals surface area contributed by atoms with Crippen LogP contribution in [0, 0.1) is 0 Å². The molecule has 1 unspecified atom stereocenters. The quantitative estimate of drug-likeness (QED) is 0.635. The van der Waals surface area contributed by atoms with E-state index in [0.29, 0.717) is 22.9 Å². The summed E-state index contributed by atoms with van der Waals surface area (Å²) in [6.45, 7) is 0.468. The van der Waals surface area contributed by atoms with E-state index in [9.17, 15) is 9.59 Å². The molecule has 1 saturated heterocycles. The zero-order valence-corrected chi connectivity index (χ0v) is 16.4. The number of amides is 1. The number of ether oxygens (including phenoxy) is 1. The molecule has 9 heteroatoms. The van der Waals surface area contributed by atoms with Crippen molar-refractivity contribution in [1.29, 1.82) is 0 Å². The maximum atomic E-state index is 12.6. The number of hydrogen-bond donors (Lipinski definition) is 1. The monoisotopic (exact) mass is 412 g/mol. The van der Waals surface area contributed by atoms with Crippen LogP contribution in [0.25, 0.3) is 11.5 Å². The molecular formula is C20H20N4O4S. The smallest absolute Gasteiger partial charge is 0.266 e. The number of carbonyl (C=O) groups excluding carboxylic acids is 1.